The van der Waals surface area contributed by atoms with Gasteiger partial charge in [-0.25, -0.2) is 0 Å². The van der Waals surface area contributed by atoms with Crippen LogP contribution in [0.25, 0.3) is 0 Å². The highest BCUT2D eigenvalue weighted by atomic mass is 33.1. The molecule has 4 fully saturated rings. The van der Waals surface area contributed by atoms with E-state index in [-0.39, 0.29) is 35.2 Å². The number of hydrogen-bond donors (Lipinski definition) is 0. The van der Waals surface area contributed by atoms with E-state index in [1.165, 1.54) is 18.6 Å². The molecule has 8 atom stereocenters. The molecule has 4 aliphatic carbocycles. The minimum Gasteiger partial charge on any atom is -0.373 e. The fourth-order valence-corrected chi connectivity index (χ4v) is 9.32. The van der Waals surface area contributed by atoms with E-state index in [0.717, 1.165) is 52.1 Å². The highest BCUT2D eigenvalue weighted by Gasteiger charge is 2.61. The van der Waals surface area contributed by atoms with Crippen LogP contribution in [0, 0.1) is 22.7 Å². The van der Waals surface area contributed by atoms with Gasteiger partial charge in [-0.15, -0.1) is 0 Å². The summed E-state index contributed by atoms with van der Waals surface area (Å²) in [6.45, 7) is 5.49. The molecule has 172 valence electrons. The molecule has 6 rings (SSSR count). The largest absolute Gasteiger partial charge is 0.373 e. The van der Waals surface area contributed by atoms with Crippen molar-refractivity contribution in [1.29, 1.82) is 0 Å². The van der Waals surface area contributed by atoms with Gasteiger partial charge in [0.15, 0.2) is 0 Å². The lowest BCUT2D eigenvalue weighted by atomic mass is 9.50. The minimum atomic E-state index is 0.171. The Morgan fingerprint density at radius 1 is 1.00 bits per heavy atom. The summed E-state index contributed by atoms with van der Waals surface area (Å²) in [6.07, 6.45) is 15.4. The summed E-state index contributed by atoms with van der Waals surface area (Å²) < 4.78 is 25.0. The van der Waals surface area contributed by atoms with Crippen LogP contribution in [-0.2, 0) is 18.9 Å². The van der Waals surface area contributed by atoms with Crippen molar-refractivity contribution in [3.8, 4) is 0 Å². The molecule has 6 heteroatoms. The molecule has 0 amide bonds. The fourth-order valence-electron chi connectivity index (χ4n) is 7.98. The quantitative estimate of drug-likeness (QED) is 0.330. The van der Waals surface area contributed by atoms with Gasteiger partial charge in [0.05, 0.1) is 50.8 Å². The lowest BCUT2D eigenvalue weighted by molar-refractivity contribution is -0.162. The van der Waals surface area contributed by atoms with Crippen LogP contribution in [0.1, 0.15) is 45.4 Å². The van der Waals surface area contributed by atoms with Crippen LogP contribution < -0.4 is 0 Å². The lowest BCUT2D eigenvalue weighted by Crippen LogP contribution is -2.53. The number of rotatable bonds is 4. The van der Waals surface area contributed by atoms with Crippen molar-refractivity contribution in [2.75, 3.05) is 38.4 Å². The van der Waals surface area contributed by atoms with Gasteiger partial charge in [-0.1, -0.05) is 51.8 Å². The van der Waals surface area contributed by atoms with E-state index in [2.05, 4.69) is 25.3 Å². The molecule has 31 heavy (non-hydrogen) atoms. The van der Waals surface area contributed by atoms with Crippen molar-refractivity contribution in [2.24, 2.45) is 22.7 Å². The third-order valence-electron chi connectivity index (χ3n) is 9.33. The minimum absolute atomic E-state index is 0.171. The highest BCUT2D eigenvalue weighted by Crippen LogP contribution is 2.65. The first kappa shape index (κ1) is 21.5. The highest BCUT2D eigenvalue weighted by molar-refractivity contribution is 8.76. The van der Waals surface area contributed by atoms with Crippen LogP contribution >= 0.6 is 21.6 Å². The van der Waals surface area contributed by atoms with Crippen molar-refractivity contribution in [1.82, 2.24) is 0 Å². The zero-order valence-electron chi connectivity index (χ0n) is 18.8. The predicted molar refractivity (Wildman–Crippen MR) is 126 cm³/mol. The van der Waals surface area contributed by atoms with E-state index in [4.69, 9.17) is 18.9 Å². The molecule has 4 nitrogen and oxygen atoms in total. The van der Waals surface area contributed by atoms with Crippen LogP contribution in [0.15, 0.2) is 23.3 Å². The molecular weight excluding hydrogens is 428 g/mol. The van der Waals surface area contributed by atoms with Gasteiger partial charge in [-0.05, 0) is 56.6 Å². The molecule has 0 aromatic heterocycles. The average Bonchev–Trinajstić information content (AvgIpc) is 3.10. The molecule has 0 bridgehead atoms. The van der Waals surface area contributed by atoms with E-state index >= 15 is 0 Å². The Morgan fingerprint density at radius 2 is 1.77 bits per heavy atom. The third kappa shape index (κ3) is 3.34. The SMILES string of the molecule is CSSCC[C@]12CC3OCCOC3CC1=CC[C@@H]1C2=CC[C@]2(C)C3OCCOC3C[C@@H]12. The van der Waals surface area contributed by atoms with Crippen molar-refractivity contribution in [3.63, 3.8) is 0 Å². The normalized spacial score (nSPS) is 48.5. The molecule has 2 heterocycles. The maximum atomic E-state index is 6.32. The molecular formula is C25H36O4S2. The van der Waals surface area contributed by atoms with Crippen molar-refractivity contribution in [3.05, 3.63) is 23.3 Å². The summed E-state index contributed by atoms with van der Waals surface area (Å²) in [5.41, 5.74) is 3.77. The topological polar surface area (TPSA) is 36.9 Å². The van der Waals surface area contributed by atoms with Gasteiger partial charge < -0.3 is 18.9 Å². The van der Waals surface area contributed by atoms with Gasteiger partial charge in [0.25, 0.3) is 0 Å². The first-order chi connectivity index (χ1) is 15.2. The van der Waals surface area contributed by atoms with E-state index in [0.29, 0.717) is 11.8 Å². The number of hydrogen-bond acceptors (Lipinski definition) is 6. The Bertz CT molecular complexity index is 769. The van der Waals surface area contributed by atoms with Gasteiger partial charge in [0, 0.05) is 16.6 Å². The molecule has 2 saturated heterocycles. The molecule has 2 aliphatic heterocycles. The first-order valence-corrected chi connectivity index (χ1v) is 14.9. The van der Waals surface area contributed by atoms with Crippen LogP contribution in [-0.4, -0.2) is 62.9 Å². The van der Waals surface area contributed by atoms with Gasteiger partial charge >= 0.3 is 0 Å². The van der Waals surface area contributed by atoms with E-state index < -0.39 is 0 Å². The van der Waals surface area contributed by atoms with Gasteiger partial charge in [0.1, 0.15) is 0 Å². The van der Waals surface area contributed by atoms with Gasteiger partial charge in [-0.2, -0.15) is 0 Å². The first-order valence-electron chi connectivity index (χ1n) is 12.2. The van der Waals surface area contributed by atoms with Gasteiger partial charge in [-0.3, -0.25) is 0 Å². The summed E-state index contributed by atoms with van der Waals surface area (Å²) in [5, 5.41) is 0. The summed E-state index contributed by atoms with van der Waals surface area (Å²) in [6, 6.07) is 0. The van der Waals surface area contributed by atoms with Crippen molar-refractivity contribution in [2.45, 2.75) is 69.9 Å². The zero-order chi connectivity index (χ0) is 21.1. The predicted octanol–water partition coefficient (Wildman–Crippen LogP) is 5.04. The Kier molecular flexibility index (Phi) is 5.80. The molecule has 4 unspecified atom stereocenters. The third-order valence-corrected chi connectivity index (χ3v) is 11.1. The molecule has 2 saturated carbocycles. The van der Waals surface area contributed by atoms with Gasteiger partial charge in [0.2, 0.25) is 0 Å². The van der Waals surface area contributed by atoms with Crippen LogP contribution in [0.2, 0.25) is 0 Å². The molecule has 0 radical (unpaired) electrons. The second kappa shape index (κ2) is 8.35. The summed E-state index contributed by atoms with van der Waals surface area (Å²) in [5.74, 6) is 2.48. The second-order valence-electron chi connectivity index (χ2n) is 10.5. The second-order valence-corrected chi connectivity index (χ2v) is 13.2. The zero-order valence-corrected chi connectivity index (χ0v) is 20.5. The molecule has 0 N–H and O–H groups in total. The number of fused-ring (bicyclic) bond motifs is 8. The van der Waals surface area contributed by atoms with E-state index in [9.17, 15) is 0 Å². The van der Waals surface area contributed by atoms with E-state index in [1.807, 2.05) is 21.6 Å². The Morgan fingerprint density at radius 3 is 2.61 bits per heavy atom. The number of allylic oxidation sites excluding steroid dienone is 3. The fraction of sp³-hybridized carbons (Fsp3) is 0.840. The lowest BCUT2D eigenvalue weighted by Gasteiger charge is -2.56. The summed E-state index contributed by atoms with van der Waals surface area (Å²) in [4.78, 5) is 0. The van der Waals surface area contributed by atoms with Crippen molar-refractivity contribution < 1.29 is 18.9 Å². The standard InChI is InChI=1S/C25H36O4S2/c1-24-6-5-18-17(19(24)14-21-23(24)29-11-10-27-21)4-3-16-13-20-22(28-9-8-26-20)15-25(16,18)7-12-31-30-2/h3,5,17,19-23H,4,6-15H2,1-2H3/t17-,19+,20?,21?,22?,23?,24+,25+/m1/s1. The monoisotopic (exact) mass is 464 g/mol. The smallest absolute Gasteiger partial charge is 0.0897 e. The Labute approximate surface area is 194 Å². The molecule has 6 aliphatic rings. The maximum absolute atomic E-state index is 6.32. The van der Waals surface area contributed by atoms with Crippen LogP contribution in [0.4, 0.5) is 0 Å². The van der Waals surface area contributed by atoms with Crippen LogP contribution in [0.5, 0.6) is 0 Å². The Balaban J connectivity index is 1.36. The average molecular weight is 465 g/mol. The van der Waals surface area contributed by atoms with Crippen molar-refractivity contribution >= 4 is 21.6 Å². The molecule has 0 aromatic rings. The van der Waals surface area contributed by atoms with E-state index in [1.54, 1.807) is 11.1 Å². The maximum Gasteiger partial charge on any atom is 0.0897 e. The molecule has 0 aromatic carbocycles. The molecule has 0 spiro atoms. The summed E-state index contributed by atoms with van der Waals surface area (Å²) in [7, 11) is 3.90. The van der Waals surface area contributed by atoms with Crippen LogP contribution in [0.3, 0.4) is 0 Å². The Hall–Kier alpha value is 0.0200. The summed E-state index contributed by atoms with van der Waals surface area (Å²) >= 11 is 0. The number of ether oxygens (including phenoxy) is 4.